The maximum absolute atomic E-state index is 9.98. The van der Waals surface area contributed by atoms with E-state index < -0.39 is 5.97 Å². The Hall–Kier alpha value is -0.570. The van der Waals surface area contributed by atoms with Crippen LogP contribution in [-0.2, 0) is 4.79 Å². The second-order valence-electron chi connectivity index (χ2n) is 2.89. The van der Waals surface area contributed by atoms with E-state index in [0.717, 1.165) is 12.8 Å². The van der Waals surface area contributed by atoms with Gasteiger partial charge in [0.05, 0.1) is 0 Å². The van der Waals surface area contributed by atoms with Crippen molar-refractivity contribution in [3.05, 3.63) is 0 Å². The summed E-state index contributed by atoms with van der Waals surface area (Å²) in [7, 11) is 0. The number of carboxylic acids is 1. The summed E-state index contributed by atoms with van der Waals surface area (Å²) < 4.78 is 0. The Morgan fingerprint density at radius 1 is 1.08 bits per heavy atom. The van der Waals surface area contributed by atoms with E-state index in [0.29, 0.717) is 0 Å². The molecule has 0 atom stereocenters. The number of rotatable bonds is 7. The number of unbranched alkanes of at least 4 members (excludes halogenated alkanes) is 5. The molecule has 0 aromatic carbocycles. The standard InChI is InChI=1S/C9H18O2.H3N/c1-2-3-4-5-6-7-8-9(10)11;/h2-8H2,1H3,(H,10,11);1H3. The molecule has 74 valence electrons. The Kier molecular flexibility index (Phi) is 12.2. The van der Waals surface area contributed by atoms with E-state index in [4.69, 9.17) is 0 Å². The van der Waals surface area contributed by atoms with Gasteiger partial charge >= 0.3 is 0 Å². The van der Waals surface area contributed by atoms with Crippen molar-refractivity contribution in [1.82, 2.24) is 6.15 Å². The van der Waals surface area contributed by atoms with Crippen molar-refractivity contribution in [2.75, 3.05) is 0 Å². The molecule has 0 saturated heterocycles. The maximum Gasteiger partial charge on any atom is 0.0414 e. The second kappa shape index (κ2) is 10.4. The molecule has 0 saturated carbocycles. The minimum Gasteiger partial charge on any atom is -0.550 e. The van der Waals surface area contributed by atoms with Crippen molar-refractivity contribution in [3.8, 4) is 0 Å². The van der Waals surface area contributed by atoms with Crippen LogP contribution >= 0.6 is 0 Å². The Morgan fingerprint density at radius 2 is 1.58 bits per heavy atom. The molecule has 0 rings (SSSR count). The topological polar surface area (TPSA) is 76.6 Å². The van der Waals surface area contributed by atoms with Crippen LogP contribution in [0.2, 0.25) is 0 Å². The molecule has 4 N–H and O–H groups in total. The van der Waals surface area contributed by atoms with Gasteiger partial charge in [0.1, 0.15) is 0 Å². The summed E-state index contributed by atoms with van der Waals surface area (Å²) in [6.07, 6.45) is 6.96. The molecule has 0 aliphatic carbocycles. The molecule has 0 aromatic rings. The molecular weight excluding hydrogens is 154 g/mol. The van der Waals surface area contributed by atoms with Gasteiger partial charge in [-0.2, -0.15) is 0 Å². The fourth-order valence-corrected chi connectivity index (χ4v) is 1.05. The second-order valence-corrected chi connectivity index (χ2v) is 2.89. The van der Waals surface area contributed by atoms with Crippen LogP contribution < -0.4 is 11.3 Å². The third-order valence-corrected chi connectivity index (χ3v) is 1.73. The van der Waals surface area contributed by atoms with Crippen LogP contribution in [0, 0.1) is 0 Å². The number of quaternary nitrogens is 1. The summed E-state index contributed by atoms with van der Waals surface area (Å²) in [5.74, 6) is -0.916. The first-order valence-electron chi connectivity index (χ1n) is 4.47. The fourth-order valence-electron chi connectivity index (χ4n) is 1.05. The SMILES string of the molecule is CCCCCCCCC(=O)[O-].[NH4+]. The molecule has 0 fully saturated rings. The van der Waals surface area contributed by atoms with E-state index in [9.17, 15) is 9.90 Å². The van der Waals surface area contributed by atoms with E-state index in [-0.39, 0.29) is 12.6 Å². The Labute approximate surface area is 74.8 Å². The van der Waals surface area contributed by atoms with Crippen LogP contribution in [0.5, 0.6) is 0 Å². The highest BCUT2D eigenvalue weighted by molar-refractivity contribution is 5.63. The predicted molar refractivity (Wildman–Crippen MR) is 49.0 cm³/mol. The van der Waals surface area contributed by atoms with E-state index in [1.165, 1.54) is 25.7 Å². The predicted octanol–water partition coefficient (Wildman–Crippen LogP) is 1.86. The summed E-state index contributed by atoms with van der Waals surface area (Å²) in [6, 6.07) is 0. The van der Waals surface area contributed by atoms with Crippen LogP contribution in [0.15, 0.2) is 0 Å². The Bertz CT molecular complexity index is 105. The van der Waals surface area contributed by atoms with Gasteiger partial charge in [-0.1, -0.05) is 39.0 Å². The lowest BCUT2D eigenvalue weighted by atomic mass is 10.1. The summed E-state index contributed by atoms with van der Waals surface area (Å²) in [6.45, 7) is 2.17. The molecule has 0 heterocycles. The summed E-state index contributed by atoms with van der Waals surface area (Å²) >= 11 is 0. The van der Waals surface area contributed by atoms with E-state index >= 15 is 0 Å². The van der Waals surface area contributed by atoms with Gasteiger partial charge in [0, 0.05) is 5.97 Å². The number of hydrogen-bond donors (Lipinski definition) is 1. The molecule has 0 aromatic heterocycles. The highest BCUT2D eigenvalue weighted by Gasteiger charge is 1.89. The minimum absolute atomic E-state index is 0. The van der Waals surface area contributed by atoms with Crippen molar-refractivity contribution in [3.63, 3.8) is 0 Å². The minimum atomic E-state index is -0.916. The van der Waals surface area contributed by atoms with Crippen molar-refractivity contribution >= 4 is 5.97 Å². The zero-order valence-electron chi connectivity index (χ0n) is 8.27. The third-order valence-electron chi connectivity index (χ3n) is 1.73. The van der Waals surface area contributed by atoms with Crippen molar-refractivity contribution in [2.24, 2.45) is 0 Å². The lowest BCUT2D eigenvalue weighted by Crippen LogP contribution is -2.21. The van der Waals surface area contributed by atoms with E-state index in [2.05, 4.69) is 6.92 Å². The lowest BCUT2D eigenvalue weighted by molar-refractivity contribution is -0.305. The lowest BCUT2D eigenvalue weighted by Gasteiger charge is -2.00. The maximum atomic E-state index is 9.98. The van der Waals surface area contributed by atoms with Crippen molar-refractivity contribution < 1.29 is 9.90 Å². The van der Waals surface area contributed by atoms with Gasteiger partial charge in [0.2, 0.25) is 0 Å². The summed E-state index contributed by atoms with van der Waals surface area (Å²) in [4.78, 5) is 9.98. The van der Waals surface area contributed by atoms with Crippen LogP contribution in [-0.4, -0.2) is 5.97 Å². The molecule has 0 amide bonds. The first-order valence-corrected chi connectivity index (χ1v) is 4.47. The Morgan fingerprint density at radius 3 is 2.08 bits per heavy atom. The molecule has 3 heteroatoms. The molecule has 12 heavy (non-hydrogen) atoms. The van der Waals surface area contributed by atoms with Gasteiger partial charge in [0.25, 0.3) is 0 Å². The average Bonchev–Trinajstić information content (AvgIpc) is 1.96. The van der Waals surface area contributed by atoms with Crippen LogP contribution in [0.1, 0.15) is 51.9 Å². The smallest absolute Gasteiger partial charge is 0.0414 e. The summed E-state index contributed by atoms with van der Waals surface area (Å²) in [5, 5.41) is 9.98. The number of carboxylic acid groups (broad SMARTS) is 1. The van der Waals surface area contributed by atoms with Crippen LogP contribution in [0.4, 0.5) is 0 Å². The van der Waals surface area contributed by atoms with Crippen molar-refractivity contribution in [1.29, 1.82) is 0 Å². The quantitative estimate of drug-likeness (QED) is 0.599. The third kappa shape index (κ3) is 12.1. The first-order chi connectivity index (χ1) is 5.27. The highest BCUT2D eigenvalue weighted by atomic mass is 16.4. The first kappa shape index (κ1) is 14.0. The van der Waals surface area contributed by atoms with Gasteiger partial charge in [0.15, 0.2) is 0 Å². The molecule has 0 aliphatic heterocycles. The summed E-state index contributed by atoms with van der Waals surface area (Å²) in [5.41, 5.74) is 0. The molecule has 0 spiro atoms. The zero-order valence-corrected chi connectivity index (χ0v) is 8.27. The zero-order chi connectivity index (χ0) is 8.53. The number of carbonyl (C=O) groups excluding carboxylic acids is 1. The fraction of sp³-hybridized carbons (Fsp3) is 0.889. The van der Waals surface area contributed by atoms with E-state index in [1.54, 1.807) is 0 Å². The molecule has 0 bridgehead atoms. The van der Waals surface area contributed by atoms with Crippen LogP contribution in [0.25, 0.3) is 0 Å². The number of carbonyl (C=O) groups is 1. The number of hydrogen-bond acceptors (Lipinski definition) is 2. The van der Waals surface area contributed by atoms with Crippen LogP contribution in [0.3, 0.4) is 0 Å². The van der Waals surface area contributed by atoms with Gasteiger partial charge in [-0.3, -0.25) is 0 Å². The molecule has 0 radical (unpaired) electrons. The van der Waals surface area contributed by atoms with Gasteiger partial charge < -0.3 is 16.1 Å². The van der Waals surface area contributed by atoms with Gasteiger partial charge in [-0.25, -0.2) is 0 Å². The van der Waals surface area contributed by atoms with Gasteiger partial charge in [-0.05, 0) is 12.8 Å². The number of aliphatic carboxylic acids is 1. The largest absolute Gasteiger partial charge is 0.550 e. The average molecular weight is 175 g/mol. The van der Waals surface area contributed by atoms with Gasteiger partial charge in [-0.15, -0.1) is 0 Å². The Balaban J connectivity index is 0. The molecular formula is C9H21NO2. The molecule has 0 aliphatic rings. The molecule has 3 nitrogen and oxygen atoms in total. The normalized spacial score (nSPS) is 9.08. The van der Waals surface area contributed by atoms with Crippen molar-refractivity contribution in [2.45, 2.75) is 51.9 Å². The highest BCUT2D eigenvalue weighted by Crippen LogP contribution is 2.05. The molecule has 0 unspecified atom stereocenters. The van der Waals surface area contributed by atoms with E-state index in [1.807, 2.05) is 0 Å². The monoisotopic (exact) mass is 175 g/mol.